The number of rotatable bonds is 4. The number of amides is 1. The standard InChI is InChI=1S/C14H27N3O3S/c1-3-21(19,20)17-8-4-5-12(11-17)14(18)15-13-6-9-16(2)10-7-13/h12-13H,3-11H2,1-2H3,(H,15,18)/t12-/m1/s1. The van der Waals surface area contributed by atoms with Crippen molar-refractivity contribution in [3.8, 4) is 0 Å². The van der Waals surface area contributed by atoms with Gasteiger partial charge in [-0.1, -0.05) is 0 Å². The Kier molecular flexibility index (Phi) is 5.62. The number of nitrogens with one attached hydrogen (secondary N) is 1. The normalized spacial score (nSPS) is 26.7. The van der Waals surface area contributed by atoms with Crippen LogP contribution in [0.1, 0.15) is 32.6 Å². The van der Waals surface area contributed by atoms with Crippen molar-refractivity contribution in [1.82, 2.24) is 14.5 Å². The lowest BCUT2D eigenvalue weighted by atomic mass is 9.97. The van der Waals surface area contributed by atoms with Crippen molar-refractivity contribution in [2.24, 2.45) is 5.92 Å². The Morgan fingerprint density at radius 2 is 1.86 bits per heavy atom. The van der Waals surface area contributed by atoms with Gasteiger partial charge in [0.05, 0.1) is 11.7 Å². The van der Waals surface area contributed by atoms with E-state index in [1.807, 2.05) is 0 Å². The minimum Gasteiger partial charge on any atom is -0.353 e. The van der Waals surface area contributed by atoms with Crippen LogP contribution in [-0.2, 0) is 14.8 Å². The van der Waals surface area contributed by atoms with E-state index in [0.29, 0.717) is 13.1 Å². The first-order valence-corrected chi connectivity index (χ1v) is 9.50. The Morgan fingerprint density at radius 1 is 1.19 bits per heavy atom. The van der Waals surface area contributed by atoms with Gasteiger partial charge in [0, 0.05) is 19.1 Å². The first-order valence-electron chi connectivity index (χ1n) is 7.89. The Balaban J connectivity index is 1.87. The molecule has 0 aromatic carbocycles. The highest BCUT2D eigenvalue weighted by Gasteiger charge is 2.32. The van der Waals surface area contributed by atoms with Gasteiger partial charge in [-0.15, -0.1) is 0 Å². The van der Waals surface area contributed by atoms with E-state index in [1.165, 1.54) is 4.31 Å². The predicted octanol–water partition coefficient (Wildman–Crippen LogP) is 0.259. The molecule has 7 heteroatoms. The second-order valence-corrected chi connectivity index (χ2v) is 8.44. The van der Waals surface area contributed by atoms with Crippen molar-refractivity contribution in [1.29, 1.82) is 0 Å². The van der Waals surface area contributed by atoms with Crippen LogP contribution in [0.4, 0.5) is 0 Å². The quantitative estimate of drug-likeness (QED) is 0.807. The summed E-state index contributed by atoms with van der Waals surface area (Å²) >= 11 is 0. The highest BCUT2D eigenvalue weighted by atomic mass is 32.2. The zero-order valence-electron chi connectivity index (χ0n) is 13.0. The molecular weight excluding hydrogens is 290 g/mol. The van der Waals surface area contributed by atoms with Gasteiger partial charge < -0.3 is 10.2 Å². The van der Waals surface area contributed by atoms with E-state index in [-0.39, 0.29) is 23.6 Å². The molecule has 2 fully saturated rings. The number of likely N-dealkylation sites (tertiary alicyclic amines) is 1. The number of hydrogen-bond donors (Lipinski definition) is 1. The van der Waals surface area contributed by atoms with Crippen LogP contribution in [0, 0.1) is 5.92 Å². The Bertz CT molecular complexity index is 458. The molecule has 2 aliphatic rings. The monoisotopic (exact) mass is 317 g/mol. The molecule has 2 saturated heterocycles. The van der Waals surface area contributed by atoms with Crippen LogP contribution < -0.4 is 5.32 Å². The summed E-state index contributed by atoms with van der Waals surface area (Å²) in [6, 6.07) is 0.242. The zero-order valence-corrected chi connectivity index (χ0v) is 13.9. The summed E-state index contributed by atoms with van der Waals surface area (Å²) in [7, 11) is -1.09. The maximum Gasteiger partial charge on any atom is 0.224 e. The number of nitrogens with zero attached hydrogens (tertiary/aromatic N) is 2. The maximum absolute atomic E-state index is 12.4. The number of carbonyl (C=O) groups excluding carboxylic acids is 1. The van der Waals surface area contributed by atoms with Crippen LogP contribution in [0.2, 0.25) is 0 Å². The Morgan fingerprint density at radius 3 is 2.48 bits per heavy atom. The Labute approximate surface area is 127 Å². The topological polar surface area (TPSA) is 69.7 Å². The molecule has 0 aliphatic carbocycles. The largest absolute Gasteiger partial charge is 0.353 e. The maximum atomic E-state index is 12.4. The molecule has 6 nitrogen and oxygen atoms in total. The van der Waals surface area contributed by atoms with Gasteiger partial charge >= 0.3 is 0 Å². The van der Waals surface area contributed by atoms with Gasteiger partial charge in [0.15, 0.2) is 0 Å². The summed E-state index contributed by atoms with van der Waals surface area (Å²) in [4.78, 5) is 14.6. The van der Waals surface area contributed by atoms with Crippen LogP contribution in [0.15, 0.2) is 0 Å². The second-order valence-electron chi connectivity index (χ2n) is 6.18. The summed E-state index contributed by atoms with van der Waals surface area (Å²) in [5.74, 6) is -0.0590. The van der Waals surface area contributed by atoms with Crippen LogP contribution in [0.25, 0.3) is 0 Å². The van der Waals surface area contributed by atoms with Gasteiger partial charge in [-0.3, -0.25) is 4.79 Å². The average molecular weight is 317 g/mol. The Hall–Kier alpha value is -0.660. The summed E-state index contributed by atoms with van der Waals surface area (Å²) in [5.41, 5.74) is 0. The van der Waals surface area contributed by atoms with Crippen molar-refractivity contribution < 1.29 is 13.2 Å². The van der Waals surface area contributed by atoms with E-state index >= 15 is 0 Å². The molecule has 0 saturated carbocycles. The molecule has 1 N–H and O–H groups in total. The van der Waals surface area contributed by atoms with Crippen LogP contribution >= 0.6 is 0 Å². The minimum atomic E-state index is -3.18. The number of sulfonamides is 1. The highest BCUT2D eigenvalue weighted by molar-refractivity contribution is 7.89. The molecule has 2 rings (SSSR count). The van der Waals surface area contributed by atoms with Gasteiger partial charge in [-0.2, -0.15) is 0 Å². The number of piperidine rings is 2. The first kappa shape index (κ1) is 16.7. The van der Waals surface area contributed by atoms with Crippen molar-refractivity contribution >= 4 is 15.9 Å². The smallest absolute Gasteiger partial charge is 0.224 e. The minimum absolute atomic E-state index is 0.0283. The molecule has 0 spiro atoms. The molecule has 2 aliphatic heterocycles. The average Bonchev–Trinajstić information content (AvgIpc) is 2.49. The lowest BCUT2D eigenvalue weighted by Crippen LogP contribution is -2.49. The van der Waals surface area contributed by atoms with Crippen LogP contribution in [-0.4, -0.2) is 68.6 Å². The third kappa shape index (κ3) is 4.40. The lowest BCUT2D eigenvalue weighted by Gasteiger charge is -2.34. The summed E-state index contributed by atoms with van der Waals surface area (Å²) in [5, 5.41) is 3.11. The summed E-state index contributed by atoms with van der Waals surface area (Å²) in [6.07, 6.45) is 3.51. The van der Waals surface area contributed by atoms with E-state index in [0.717, 1.165) is 38.8 Å². The van der Waals surface area contributed by atoms with Gasteiger partial charge in [0.1, 0.15) is 0 Å². The molecule has 2 heterocycles. The van der Waals surface area contributed by atoms with E-state index in [4.69, 9.17) is 0 Å². The van der Waals surface area contributed by atoms with E-state index in [9.17, 15) is 13.2 Å². The number of hydrogen-bond acceptors (Lipinski definition) is 4. The first-order chi connectivity index (χ1) is 9.92. The van der Waals surface area contributed by atoms with E-state index in [2.05, 4.69) is 17.3 Å². The molecular formula is C14H27N3O3S. The molecule has 21 heavy (non-hydrogen) atoms. The SMILES string of the molecule is CCS(=O)(=O)N1CCC[C@@H](C(=O)NC2CCN(C)CC2)C1. The number of carbonyl (C=O) groups is 1. The van der Waals surface area contributed by atoms with Crippen LogP contribution in [0.5, 0.6) is 0 Å². The van der Waals surface area contributed by atoms with Crippen molar-refractivity contribution in [3.63, 3.8) is 0 Å². The van der Waals surface area contributed by atoms with Crippen molar-refractivity contribution in [2.75, 3.05) is 39.0 Å². The molecule has 0 aromatic rings. The van der Waals surface area contributed by atoms with Gasteiger partial charge in [0.25, 0.3) is 0 Å². The van der Waals surface area contributed by atoms with Gasteiger partial charge in [0.2, 0.25) is 15.9 Å². The third-order valence-corrected chi connectivity index (χ3v) is 6.43. The van der Waals surface area contributed by atoms with Gasteiger partial charge in [-0.05, 0) is 52.7 Å². The van der Waals surface area contributed by atoms with E-state index in [1.54, 1.807) is 6.92 Å². The van der Waals surface area contributed by atoms with Crippen molar-refractivity contribution in [2.45, 2.75) is 38.6 Å². The van der Waals surface area contributed by atoms with E-state index < -0.39 is 10.0 Å². The predicted molar refractivity (Wildman–Crippen MR) is 82.4 cm³/mol. The zero-order chi connectivity index (χ0) is 15.5. The summed E-state index contributed by atoms with van der Waals surface area (Å²) < 4.78 is 25.4. The van der Waals surface area contributed by atoms with Crippen LogP contribution in [0.3, 0.4) is 0 Å². The lowest BCUT2D eigenvalue weighted by molar-refractivity contribution is -0.127. The van der Waals surface area contributed by atoms with Gasteiger partial charge in [-0.25, -0.2) is 12.7 Å². The molecule has 122 valence electrons. The third-order valence-electron chi connectivity index (χ3n) is 4.58. The summed E-state index contributed by atoms with van der Waals surface area (Å²) in [6.45, 7) is 4.55. The fourth-order valence-corrected chi connectivity index (χ4v) is 4.24. The molecule has 1 atom stereocenters. The molecule has 1 amide bonds. The molecule has 0 radical (unpaired) electrons. The highest BCUT2D eigenvalue weighted by Crippen LogP contribution is 2.20. The molecule has 0 aromatic heterocycles. The molecule has 0 unspecified atom stereocenters. The second kappa shape index (κ2) is 7.07. The van der Waals surface area contributed by atoms with Crippen molar-refractivity contribution in [3.05, 3.63) is 0 Å². The molecule has 0 bridgehead atoms. The fourth-order valence-electron chi connectivity index (χ4n) is 3.06. The fraction of sp³-hybridized carbons (Fsp3) is 0.929.